The molecule has 3 N–H and O–H groups in total. The van der Waals surface area contributed by atoms with E-state index in [1.165, 1.54) is 19.1 Å². The summed E-state index contributed by atoms with van der Waals surface area (Å²) in [5.74, 6) is -1.71. The van der Waals surface area contributed by atoms with Crippen LogP contribution < -0.4 is 15.4 Å². The number of benzene rings is 1. The lowest BCUT2D eigenvalue weighted by Crippen LogP contribution is -2.41. The Labute approximate surface area is 269 Å². The van der Waals surface area contributed by atoms with E-state index in [0.717, 1.165) is 44.9 Å². The third kappa shape index (κ3) is 20.4. The number of esters is 1. The van der Waals surface area contributed by atoms with Crippen molar-refractivity contribution in [1.82, 2.24) is 10.6 Å². The van der Waals surface area contributed by atoms with Gasteiger partial charge in [-0.1, -0.05) is 86.7 Å². The normalized spacial score (nSPS) is 13.2. The molecule has 0 fully saturated rings. The highest BCUT2D eigenvalue weighted by Crippen LogP contribution is 2.18. The monoisotopic (exact) mass is 620 g/mol. The van der Waals surface area contributed by atoms with Gasteiger partial charge in [0.15, 0.2) is 0 Å². The van der Waals surface area contributed by atoms with Crippen molar-refractivity contribution in [2.45, 2.75) is 97.4 Å². The number of hydrogen-bond donors (Lipinski definition) is 3. The van der Waals surface area contributed by atoms with Gasteiger partial charge in [0.1, 0.15) is 11.8 Å². The lowest BCUT2D eigenvalue weighted by molar-refractivity contribution is -0.142. The number of aliphatic carboxylic acids is 1. The predicted molar refractivity (Wildman–Crippen MR) is 181 cm³/mol. The summed E-state index contributed by atoms with van der Waals surface area (Å²) in [5, 5.41) is 14.8. The van der Waals surface area contributed by atoms with Gasteiger partial charge in [0.25, 0.3) is 5.91 Å². The quantitative estimate of drug-likeness (QED) is 0.0500. The Morgan fingerprint density at radius 1 is 0.844 bits per heavy atom. The molecule has 0 aliphatic heterocycles. The van der Waals surface area contributed by atoms with Crippen LogP contribution in [0.25, 0.3) is 0 Å². The van der Waals surface area contributed by atoms with Crippen LogP contribution in [-0.4, -0.2) is 41.4 Å². The molecular weight excluding hydrogens is 568 g/mol. The first-order valence-electron chi connectivity index (χ1n) is 16.1. The van der Waals surface area contributed by atoms with E-state index in [4.69, 9.17) is 4.74 Å². The number of para-hydroxylation sites is 1. The van der Waals surface area contributed by atoms with Gasteiger partial charge in [-0.3, -0.25) is 14.4 Å². The summed E-state index contributed by atoms with van der Waals surface area (Å²) in [6, 6.07) is 5.33. The van der Waals surface area contributed by atoms with E-state index in [1.807, 2.05) is 6.08 Å². The van der Waals surface area contributed by atoms with Gasteiger partial charge in [0.05, 0.1) is 5.56 Å². The molecule has 0 aliphatic rings. The molecule has 8 heteroatoms. The number of carboxylic acid groups (broad SMARTS) is 1. The Hall–Kier alpha value is -4.20. The summed E-state index contributed by atoms with van der Waals surface area (Å²) in [7, 11) is 0. The highest BCUT2D eigenvalue weighted by Gasteiger charge is 2.19. The van der Waals surface area contributed by atoms with Gasteiger partial charge in [-0.25, -0.2) is 4.79 Å². The lowest BCUT2D eigenvalue weighted by atomic mass is 10.0. The fourth-order valence-corrected chi connectivity index (χ4v) is 4.28. The Morgan fingerprint density at radius 3 is 2.11 bits per heavy atom. The maximum Gasteiger partial charge on any atom is 0.326 e. The van der Waals surface area contributed by atoms with Crippen molar-refractivity contribution in [3.05, 3.63) is 90.6 Å². The molecular formula is C37H52N2O6. The van der Waals surface area contributed by atoms with Gasteiger partial charge >= 0.3 is 11.9 Å². The van der Waals surface area contributed by atoms with Gasteiger partial charge in [-0.05, 0) is 82.3 Å². The summed E-state index contributed by atoms with van der Waals surface area (Å²) >= 11 is 0. The van der Waals surface area contributed by atoms with E-state index in [-0.39, 0.29) is 36.6 Å². The second-order valence-electron chi connectivity index (χ2n) is 10.9. The third-order valence-electron chi connectivity index (χ3n) is 6.76. The number of nitrogens with one attached hydrogen (secondary N) is 2. The first-order valence-corrected chi connectivity index (χ1v) is 16.1. The molecule has 0 saturated heterocycles. The fraction of sp³-hybridized carbons (Fsp3) is 0.459. The molecule has 2 unspecified atom stereocenters. The molecule has 0 bridgehead atoms. The van der Waals surface area contributed by atoms with Gasteiger partial charge in [-0.15, -0.1) is 0 Å². The van der Waals surface area contributed by atoms with Crippen LogP contribution in [-0.2, 0) is 14.4 Å². The van der Waals surface area contributed by atoms with E-state index in [0.29, 0.717) is 18.8 Å². The number of rotatable bonds is 23. The SMILES string of the molecule is CC/C=C\C/C=C\C/C=C\C/C=C\CCC(C)C/C=C\CCC(=O)NC(CCCNC(=O)c1ccccc1OC(C)=O)C(=O)O. The predicted octanol–water partition coefficient (Wildman–Crippen LogP) is 7.64. The van der Waals surface area contributed by atoms with E-state index < -0.39 is 23.9 Å². The van der Waals surface area contributed by atoms with Crippen molar-refractivity contribution in [2.24, 2.45) is 5.92 Å². The Morgan fingerprint density at radius 2 is 1.47 bits per heavy atom. The first-order chi connectivity index (χ1) is 21.7. The Kier molecular flexibility index (Phi) is 21.7. The van der Waals surface area contributed by atoms with E-state index in [9.17, 15) is 24.3 Å². The average Bonchev–Trinajstić information content (AvgIpc) is 3.00. The zero-order chi connectivity index (χ0) is 33.1. The minimum atomic E-state index is -1.12. The zero-order valence-corrected chi connectivity index (χ0v) is 27.2. The molecule has 1 aromatic rings. The standard InChI is InChI=1S/C37H52N2O6/c1-4-5-6-7-8-9-10-11-12-13-14-15-17-23-30(2)24-18-16-19-28-35(41)39-33(37(43)44)26-22-29-38-36(42)32-25-20-21-27-34(32)45-31(3)40/h5-6,8-9,11-12,14-16,18,20-21,25,27,30,33H,4,7,10,13,17,19,22-24,26,28-29H2,1-3H3,(H,38,42)(H,39,41)(H,43,44)/b6-5-,9-8-,12-11-,15-14-,18-16-. The molecule has 0 saturated carbocycles. The minimum absolute atomic E-state index is 0.156. The van der Waals surface area contributed by atoms with Gasteiger partial charge in [0, 0.05) is 19.9 Å². The number of amides is 2. The Bertz CT molecular complexity index is 1180. The van der Waals surface area contributed by atoms with Crippen molar-refractivity contribution >= 4 is 23.8 Å². The third-order valence-corrected chi connectivity index (χ3v) is 6.76. The molecule has 8 nitrogen and oxygen atoms in total. The molecule has 0 spiro atoms. The summed E-state index contributed by atoms with van der Waals surface area (Å²) in [4.78, 5) is 47.7. The van der Waals surface area contributed by atoms with Crippen molar-refractivity contribution in [2.75, 3.05) is 6.54 Å². The van der Waals surface area contributed by atoms with Crippen LogP contribution >= 0.6 is 0 Å². The number of allylic oxidation sites excluding steroid dienone is 10. The molecule has 1 rings (SSSR count). The van der Waals surface area contributed by atoms with Crippen molar-refractivity contribution in [3.63, 3.8) is 0 Å². The van der Waals surface area contributed by atoms with Crippen molar-refractivity contribution < 1.29 is 29.0 Å². The largest absolute Gasteiger partial charge is 0.480 e. The van der Waals surface area contributed by atoms with Crippen molar-refractivity contribution in [3.8, 4) is 5.75 Å². The average molecular weight is 621 g/mol. The molecule has 2 amide bonds. The number of carbonyl (C=O) groups is 4. The molecule has 2 atom stereocenters. The van der Waals surface area contributed by atoms with Crippen LogP contribution in [0.4, 0.5) is 0 Å². The molecule has 246 valence electrons. The number of carbonyl (C=O) groups excluding carboxylic acids is 3. The second-order valence-corrected chi connectivity index (χ2v) is 10.9. The lowest BCUT2D eigenvalue weighted by Gasteiger charge is -2.15. The highest BCUT2D eigenvalue weighted by molar-refractivity contribution is 5.97. The number of hydrogen-bond acceptors (Lipinski definition) is 5. The number of carboxylic acids is 1. The van der Waals surface area contributed by atoms with Crippen LogP contribution in [0.3, 0.4) is 0 Å². The number of ether oxygens (including phenoxy) is 1. The first kappa shape index (κ1) is 38.8. The molecule has 1 aromatic carbocycles. The summed E-state index contributed by atoms with van der Waals surface area (Å²) < 4.78 is 5.06. The molecule has 45 heavy (non-hydrogen) atoms. The van der Waals surface area contributed by atoms with Crippen LogP contribution in [0.15, 0.2) is 85.0 Å². The second kappa shape index (κ2) is 25.2. The van der Waals surface area contributed by atoms with Gasteiger partial charge in [-0.2, -0.15) is 0 Å². The smallest absolute Gasteiger partial charge is 0.326 e. The van der Waals surface area contributed by atoms with Crippen LogP contribution in [0.5, 0.6) is 5.75 Å². The van der Waals surface area contributed by atoms with E-state index in [2.05, 4.69) is 79.2 Å². The molecule has 0 radical (unpaired) electrons. The Balaban J connectivity index is 2.22. The highest BCUT2D eigenvalue weighted by atomic mass is 16.5. The van der Waals surface area contributed by atoms with E-state index >= 15 is 0 Å². The van der Waals surface area contributed by atoms with E-state index in [1.54, 1.807) is 12.1 Å². The summed E-state index contributed by atoms with van der Waals surface area (Å²) in [6.07, 6.45) is 30.0. The zero-order valence-electron chi connectivity index (χ0n) is 27.2. The van der Waals surface area contributed by atoms with Gasteiger partial charge in [0.2, 0.25) is 5.91 Å². The fourth-order valence-electron chi connectivity index (χ4n) is 4.28. The van der Waals surface area contributed by atoms with Crippen molar-refractivity contribution in [1.29, 1.82) is 0 Å². The van der Waals surface area contributed by atoms with Crippen LogP contribution in [0, 0.1) is 5.92 Å². The maximum atomic E-state index is 12.5. The topological polar surface area (TPSA) is 122 Å². The molecule has 0 aliphatic carbocycles. The van der Waals surface area contributed by atoms with Crippen LogP contribution in [0.1, 0.15) is 102 Å². The summed E-state index contributed by atoms with van der Waals surface area (Å²) in [5.41, 5.74) is 0.212. The van der Waals surface area contributed by atoms with Gasteiger partial charge < -0.3 is 20.5 Å². The minimum Gasteiger partial charge on any atom is -0.480 e. The molecule has 0 aromatic heterocycles. The summed E-state index contributed by atoms with van der Waals surface area (Å²) in [6.45, 7) is 5.81. The van der Waals surface area contributed by atoms with Crippen LogP contribution in [0.2, 0.25) is 0 Å². The maximum absolute atomic E-state index is 12.5. The molecule has 0 heterocycles.